The molecular formula is C6H6Cl2N2O2. The minimum absolute atomic E-state index is 0.0198. The smallest absolute Gasteiger partial charge is 0.224 e. The van der Waals surface area contributed by atoms with Gasteiger partial charge >= 0.3 is 0 Å². The van der Waals surface area contributed by atoms with Crippen LogP contribution in [0.3, 0.4) is 0 Å². The first-order valence-corrected chi connectivity index (χ1v) is 3.80. The average molecular weight is 209 g/mol. The van der Waals surface area contributed by atoms with Crippen LogP contribution in [0.25, 0.3) is 0 Å². The standard InChI is InChI=1S/C6H6Cl2N2O2/c1-12-5(11)3-2-4(7)10-6(8)9-3/h2,5,11H,1H3. The summed E-state index contributed by atoms with van der Waals surface area (Å²) in [6.45, 7) is 0. The van der Waals surface area contributed by atoms with Crippen molar-refractivity contribution in [1.29, 1.82) is 0 Å². The Kier molecular flexibility index (Phi) is 3.22. The van der Waals surface area contributed by atoms with Crippen LogP contribution in [0.4, 0.5) is 0 Å². The van der Waals surface area contributed by atoms with Crippen LogP contribution in [0, 0.1) is 0 Å². The fourth-order valence-electron chi connectivity index (χ4n) is 0.653. The maximum atomic E-state index is 9.15. The van der Waals surface area contributed by atoms with Crippen LogP contribution in [0.2, 0.25) is 10.4 Å². The Balaban J connectivity index is 3.00. The number of methoxy groups -OCH3 is 1. The number of hydrogen-bond donors (Lipinski definition) is 1. The Labute approximate surface area is 79.1 Å². The van der Waals surface area contributed by atoms with Gasteiger partial charge in [-0.1, -0.05) is 11.6 Å². The number of aliphatic hydroxyl groups excluding tert-OH is 1. The summed E-state index contributed by atoms with van der Waals surface area (Å²) in [5, 5.41) is 9.30. The van der Waals surface area contributed by atoms with Gasteiger partial charge in [-0.25, -0.2) is 9.97 Å². The maximum absolute atomic E-state index is 9.15. The quantitative estimate of drug-likeness (QED) is 0.454. The average Bonchev–Trinajstić information content (AvgIpc) is 2.01. The molecule has 0 aromatic carbocycles. The third kappa shape index (κ3) is 2.28. The Morgan fingerprint density at radius 3 is 2.67 bits per heavy atom. The summed E-state index contributed by atoms with van der Waals surface area (Å²) in [7, 11) is 1.34. The van der Waals surface area contributed by atoms with Gasteiger partial charge in [0.15, 0.2) is 6.29 Å². The van der Waals surface area contributed by atoms with Crippen molar-refractivity contribution in [2.24, 2.45) is 0 Å². The van der Waals surface area contributed by atoms with Gasteiger partial charge in [-0.05, 0) is 11.6 Å². The minimum atomic E-state index is -1.12. The first-order chi connectivity index (χ1) is 5.63. The highest BCUT2D eigenvalue weighted by molar-refractivity contribution is 6.31. The van der Waals surface area contributed by atoms with E-state index in [0.29, 0.717) is 0 Å². The van der Waals surface area contributed by atoms with E-state index < -0.39 is 6.29 Å². The van der Waals surface area contributed by atoms with Crippen molar-refractivity contribution in [3.8, 4) is 0 Å². The van der Waals surface area contributed by atoms with E-state index in [1.54, 1.807) is 0 Å². The van der Waals surface area contributed by atoms with Crippen molar-refractivity contribution in [2.75, 3.05) is 7.11 Å². The summed E-state index contributed by atoms with van der Waals surface area (Å²) in [4.78, 5) is 7.30. The lowest BCUT2D eigenvalue weighted by atomic mass is 10.4. The second-order valence-corrected chi connectivity index (χ2v) is 2.70. The topological polar surface area (TPSA) is 55.2 Å². The van der Waals surface area contributed by atoms with Crippen molar-refractivity contribution in [1.82, 2.24) is 9.97 Å². The minimum Gasteiger partial charge on any atom is -0.363 e. The lowest BCUT2D eigenvalue weighted by molar-refractivity contribution is -0.0799. The Bertz CT molecular complexity index is 262. The molecule has 1 N–H and O–H groups in total. The van der Waals surface area contributed by atoms with Crippen molar-refractivity contribution in [2.45, 2.75) is 6.29 Å². The van der Waals surface area contributed by atoms with Crippen LogP contribution in [-0.2, 0) is 4.74 Å². The van der Waals surface area contributed by atoms with Crippen LogP contribution < -0.4 is 0 Å². The largest absolute Gasteiger partial charge is 0.363 e. The van der Waals surface area contributed by atoms with Gasteiger partial charge in [-0.15, -0.1) is 0 Å². The predicted octanol–water partition coefficient (Wildman–Crippen LogP) is 1.42. The third-order valence-electron chi connectivity index (χ3n) is 1.16. The number of hydrogen-bond acceptors (Lipinski definition) is 4. The van der Waals surface area contributed by atoms with Crippen LogP contribution >= 0.6 is 23.2 Å². The fraction of sp³-hybridized carbons (Fsp3) is 0.333. The molecule has 1 aromatic rings. The van der Waals surface area contributed by atoms with Crippen molar-refractivity contribution in [3.63, 3.8) is 0 Å². The first-order valence-electron chi connectivity index (χ1n) is 3.04. The Hall–Kier alpha value is -0.420. The van der Waals surface area contributed by atoms with E-state index in [4.69, 9.17) is 28.3 Å². The molecule has 0 saturated carbocycles. The van der Waals surface area contributed by atoms with Crippen molar-refractivity contribution in [3.05, 3.63) is 22.2 Å². The molecule has 0 amide bonds. The summed E-state index contributed by atoms with van der Waals surface area (Å²) in [6.07, 6.45) is -1.12. The molecule has 0 aliphatic carbocycles. The highest BCUT2D eigenvalue weighted by Gasteiger charge is 2.09. The lowest BCUT2D eigenvalue weighted by Gasteiger charge is -2.06. The van der Waals surface area contributed by atoms with E-state index in [1.807, 2.05) is 0 Å². The molecule has 12 heavy (non-hydrogen) atoms. The highest BCUT2D eigenvalue weighted by Crippen LogP contribution is 2.16. The van der Waals surface area contributed by atoms with E-state index in [1.165, 1.54) is 13.2 Å². The number of rotatable bonds is 2. The molecule has 1 atom stereocenters. The van der Waals surface area contributed by atoms with Gasteiger partial charge in [0.05, 0.1) is 0 Å². The molecule has 0 saturated heterocycles. The monoisotopic (exact) mass is 208 g/mol. The molecule has 0 fully saturated rings. The van der Waals surface area contributed by atoms with E-state index >= 15 is 0 Å². The molecule has 1 heterocycles. The first kappa shape index (κ1) is 9.67. The maximum Gasteiger partial charge on any atom is 0.224 e. The highest BCUT2D eigenvalue weighted by atomic mass is 35.5. The van der Waals surface area contributed by atoms with Crippen molar-refractivity contribution < 1.29 is 9.84 Å². The third-order valence-corrected chi connectivity index (χ3v) is 1.53. The molecule has 0 aliphatic rings. The number of ether oxygens (including phenoxy) is 1. The lowest BCUT2D eigenvalue weighted by Crippen LogP contribution is -2.03. The fourth-order valence-corrected chi connectivity index (χ4v) is 1.08. The molecule has 1 rings (SSSR count). The zero-order valence-corrected chi connectivity index (χ0v) is 7.67. The number of halogens is 2. The number of nitrogens with zero attached hydrogens (tertiary/aromatic N) is 2. The van der Waals surface area contributed by atoms with Crippen LogP contribution in [0.5, 0.6) is 0 Å². The summed E-state index contributed by atoms with van der Waals surface area (Å²) in [5.41, 5.74) is 0.238. The van der Waals surface area contributed by atoms with E-state index in [9.17, 15) is 0 Å². The van der Waals surface area contributed by atoms with Gasteiger partial charge in [0.2, 0.25) is 5.28 Å². The normalized spacial score (nSPS) is 13.0. The van der Waals surface area contributed by atoms with Crippen LogP contribution in [-0.4, -0.2) is 22.2 Å². The molecule has 0 radical (unpaired) electrons. The molecular weight excluding hydrogens is 203 g/mol. The van der Waals surface area contributed by atoms with Gasteiger partial charge in [-0.2, -0.15) is 0 Å². The molecule has 6 heteroatoms. The van der Waals surface area contributed by atoms with Crippen molar-refractivity contribution >= 4 is 23.2 Å². The molecule has 1 unspecified atom stereocenters. The predicted molar refractivity (Wildman–Crippen MR) is 44.0 cm³/mol. The molecule has 4 nitrogen and oxygen atoms in total. The Morgan fingerprint density at radius 1 is 1.50 bits per heavy atom. The number of aliphatic hydroxyl groups is 1. The number of aromatic nitrogens is 2. The van der Waals surface area contributed by atoms with Crippen LogP contribution in [0.15, 0.2) is 6.07 Å². The second kappa shape index (κ2) is 4.00. The summed E-state index contributed by atoms with van der Waals surface area (Å²) in [6, 6.07) is 1.38. The second-order valence-electron chi connectivity index (χ2n) is 1.97. The molecule has 1 aromatic heterocycles. The summed E-state index contributed by atoms with van der Waals surface area (Å²) in [5.74, 6) is 0. The zero-order chi connectivity index (χ0) is 9.14. The zero-order valence-electron chi connectivity index (χ0n) is 6.16. The van der Waals surface area contributed by atoms with Gasteiger partial charge in [-0.3, -0.25) is 0 Å². The summed E-state index contributed by atoms with van der Waals surface area (Å²) < 4.78 is 4.59. The SMILES string of the molecule is COC(O)c1cc(Cl)nc(Cl)n1. The van der Waals surface area contributed by atoms with Gasteiger partial charge in [0.25, 0.3) is 0 Å². The van der Waals surface area contributed by atoms with E-state index in [0.717, 1.165) is 0 Å². The van der Waals surface area contributed by atoms with Crippen LogP contribution in [0.1, 0.15) is 12.0 Å². The molecule has 0 spiro atoms. The molecule has 66 valence electrons. The molecule has 0 aliphatic heterocycles. The van der Waals surface area contributed by atoms with Gasteiger partial charge < -0.3 is 9.84 Å². The van der Waals surface area contributed by atoms with Gasteiger partial charge in [0, 0.05) is 13.2 Å². The molecule has 0 bridgehead atoms. The summed E-state index contributed by atoms with van der Waals surface area (Å²) >= 11 is 11.0. The van der Waals surface area contributed by atoms with E-state index in [-0.39, 0.29) is 16.1 Å². The van der Waals surface area contributed by atoms with E-state index in [2.05, 4.69) is 14.7 Å². The Morgan fingerprint density at radius 2 is 2.17 bits per heavy atom. The van der Waals surface area contributed by atoms with Gasteiger partial charge in [0.1, 0.15) is 10.8 Å².